The maximum absolute atomic E-state index is 12.1. The first-order chi connectivity index (χ1) is 9.23. The number of amides is 2. The van der Waals surface area contributed by atoms with E-state index < -0.39 is 23.7 Å². The van der Waals surface area contributed by atoms with Crippen molar-refractivity contribution in [1.82, 2.24) is 4.90 Å². The Kier molecular flexibility index (Phi) is 5.76. The first-order valence-electron chi connectivity index (χ1n) is 6.64. The van der Waals surface area contributed by atoms with Crippen LogP contribution in [0, 0.1) is 0 Å². The van der Waals surface area contributed by atoms with Crippen molar-refractivity contribution in [3.8, 4) is 0 Å². The van der Waals surface area contributed by atoms with Crippen molar-refractivity contribution in [2.24, 2.45) is 5.73 Å². The molecule has 7 nitrogen and oxygen atoms in total. The van der Waals surface area contributed by atoms with Gasteiger partial charge in [0.25, 0.3) is 0 Å². The number of ether oxygens (including phenoxy) is 3. The molecule has 1 fully saturated rings. The zero-order valence-electron chi connectivity index (χ0n) is 12.5. The number of carbonyl (C=O) groups is 2. The van der Waals surface area contributed by atoms with Crippen LogP contribution in [0.4, 0.5) is 4.79 Å². The van der Waals surface area contributed by atoms with Crippen molar-refractivity contribution < 1.29 is 23.8 Å². The van der Waals surface area contributed by atoms with Gasteiger partial charge in [-0.05, 0) is 27.2 Å². The summed E-state index contributed by atoms with van der Waals surface area (Å²) < 4.78 is 15.9. The van der Waals surface area contributed by atoms with E-state index in [4.69, 9.17) is 19.9 Å². The van der Waals surface area contributed by atoms with Crippen molar-refractivity contribution in [1.29, 1.82) is 0 Å². The van der Waals surface area contributed by atoms with E-state index in [1.807, 2.05) is 0 Å². The Morgan fingerprint density at radius 3 is 2.50 bits per heavy atom. The van der Waals surface area contributed by atoms with E-state index in [9.17, 15) is 9.59 Å². The first-order valence-corrected chi connectivity index (χ1v) is 6.64. The third-order valence-electron chi connectivity index (χ3n) is 2.89. The molecule has 1 heterocycles. The van der Waals surface area contributed by atoms with Gasteiger partial charge < -0.3 is 24.8 Å². The van der Waals surface area contributed by atoms with E-state index in [0.29, 0.717) is 13.0 Å². The van der Waals surface area contributed by atoms with Gasteiger partial charge in [0.05, 0.1) is 19.3 Å². The number of carbonyl (C=O) groups excluding carboxylic acids is 2. The average molecular weight is 288 g/mol. The lowest BCUT2D eigenvalue weighted by atomic mass is 10.2. The molecule has 1 aliphatic heterocycles. The standard InChI is InChI=1S/C13H24N2O5/c1-13(2,3)20-12(17)15-6-5-9(18-4)8-19-10(7-15)11(14)16/h9-10H,5-8H2,1-4H3,(H2,14,16)/t9-,10+/m1/s1. The molecule has 0 unspecified atom stereocenters. The van der Waals surface area contributed by atoms with Crippen LogP contribution in [0.1, 0.15) is 27.2 Å². The minimum atomic E-state index is -0.847. The fraction of sp³-hybridized carbons (Fsp3) is 0.846. The minimum absolute atomic E-state index is 0.0979. The lowest BCUT2D eigenvalue weighted by Crippen LogP contribution is -2.49. The lowest BCUT2D eigenvalue weighted by molar-refractivity contribution is -0.135. The predicted molar refractivity (Wildman–Crippen MR) is 72.2 cm³/mol. The molecular weight excluding hydrogens is 264 g/mol. The van der Waals surface area contributed by atoms with Crippen molar-refractivity contribution in [3.05, 3.63) is 0 Å². The number of nitrogens with zero attached hydrogens (tertiary/aromatic N) is 1. The van der Waals surface area contributed by atoms with Gasteiger partial charge in [-0.15, -0.1) is 0 Å². The number of primary amides is 1. The number of methoxy groups -OCH3 is 1. The van der Waals surface area contributed by atoms with Crippen LogP contribution in [0.3, 0.4) is 0 Å². The molecule has 2 amide bonds. The van der Waals surface area contributed by atoms with Gasteiger partial charge in [-0.2, -0.15) is 0 Å². The SMILES string of the molecule is CO[C@@H]1CCN(C(=O)OC(C)(C)C)C[C@@H](C(N)=O)OC1. The Labute approximate surface area is 119 Å². The molecule has 0 radical (unpaired) electrons. The van der Waals surface area contributed by atoms with Gasteiger partial charge in [0.15, 0.2) is 6.10 Å². The second kappa shape index (κ2) is 6.90. The highest BCUT2D eigenvalue weighted by Crippen LogP contribution is 2.14. The molecule has 2 N–H and O–H groups in total. The first kappa shape index (κ1) is 16.7. The molecule has 0 aromatic carbocycles. The predicted octanol–water partition coefficient (Wildman–Crippen LogP) is 0.513. The summed E-state index contributed by atoms with van der Waals surface area (Å²) in [6.45, 7) is 6.17. The number of rotatable bonds is 2. The van der Waals surface area contributed by atoms with E-state index in [2.05, 4.69) is 0 Å². The molecule has 7 heteroatoms. The molecule has 1 saturated heterocycles. The van der Waals surface area contributed by atoms with Gasteiger partial charge >= 0.3 is 6.09 Å². The summed E-state index contributed by atoms with van der Waals surface area (Å²) >= 11 is 0. The van der Waals surface area contributed by atoms with Crippen LogP contribution >= 0.6 is 0 Å². The summed E-state index contributed by atoms with van der Waals surface area (Å²) in [5.41, 5.74) is 4.69. The molecule has 0 bridgehead atoms. The van der Waals surface area contributed by atoms with Crippen LogP contribution in [-0.2, 0) is 19.0 Å². The lowest BCUT2D eigenvalue weighted by Gasteiger charge is -2.32. The zero-order chi connectivity index (χ0) is 15.3. The molecule has 0 aromatic heterocycles. The quantitative estimate of drug-likeness (QED) is 0.799. The monoisotopic (exact) mass is 288 g/mol. The Hall–Kier alpha value is -1.34. The van der Waals surface area contributed by atoms with Crippen LogP contribution in [0.5, 0.6) is 0 Å². The van der Waals surface area contributed by atoms with Crippen LogP contribution in [0.25, 0.3) is 0 Å². The minimum Gasteiger partial charge on any atom is -0.444 e. The van der Waals surface area contributed by atoms with Gasteiger partial charge in [-0.1, -0.05) is 0 Å². The Bertz CT molecular complexity index is 353. The van der Waals surface area contributed by atoms with Crippen LogP contribution in [0.2, 0.25) is 0 Å². The van der Waals surface area contributed by atoms with Gasteiger partial charge in [-0.3, -0.25) is 4.79 Å². The van der Waals surface area contributed by atoms with Crippen LogP contribution in [0.15, 0.2) is 0 Å². The van der Waals surface area contributed by atoms with Crippen molar-refractivity contribution in [2.45, 2.75) is 45.0 Å². The van der Waals surface area contributed by atoms with E-state index in [1.54, 1.807) is 27.9 Å². The smallest absolute Gasteiger partial charge is 0.410 e. The van der Waals surface area contributed by atoms with Gasteiger partial charge in [0.2, 0.25) is 5.91 Å². The highest BCUT2D eigenvalue weighted by Gasteiger charge is 2.30. The summed E-state index contributed by atoms with van der Waals surface area (Å²) in [6, 6.07) is 0. The molecule has 0 aromatic rings. The van der Waals surface area contributed by atoms with Crippen LogP contribution in [-0.4, -0.2) is 61.5 Å². The fourth-order valence-corrected chi connectivity index (χ4v) is 1.80. The molecule has 2 atom stereocenters. The second-order valence-electron chi connectivity index (χ2n) is 5.80. The Morgan fingerprint density at radius 1 is 1.35 bits per heavy atom. The number of nitrogens with two attached hydrogens (primary N) is 1. The molecular formula is C13H24N2O5. The van der Waals surface area contributed by atoms with E-state index >= 15 is 0 Å². The molecule has 116 valence electrons. The highest BCUT2D eigenvalue weighted by atomic mass is 16.6. The zero-order valence-corrected chi connectivity index (χ0v) is 12.5. The van der Waals surface area contributed by atoms with Crippen LogP contribution < -0.4 is 5.73 Å². The van der Waals surface area contributed by atoms with Crippen molar-refractivity contribution in [2.75, 3.05) is 26.8 Å². The highest BCUT2D eigenvalue weighted by molar-refractivity contribution is 5.80. The third-order valence-corrected chi connectivity index (χ3v) is 2.89. The molecule has 20 heavy (non-hydrogen) atoms. The molecule has 0 saturated carbocycles. The summed E-state index contributed by atoms with van der Waals surface area (Å²) in [5, 5.41) is 0. The van der Waals surface area contributed by atoms with Crippen molar-refractivity contribution in [3.63, 3.8) is 0 Å². The third kappa shape index (κ3) is 5.34. The summed E-state index contributed by atoms with van der Waals surface area (Å²) in [7, 11) is 1.56. The Balaban J connectivity index is 2.75. The van der Waals surface area contributed by atoms with E-state index in [0.717, 1.165) is 0 Å². The normalized spacial score (nSPS) is 24.7. The Morgan fingerprint density at radius 2 is 2.00 bits per heavy atom. The number of hydrogen-bond acceptors (Lipinski definition) is 5. The average Bonchev–Trinajstić information content (AvgIpc) is 2.26. The second-order valence-corrected chi connectivity index (χ2v) is 5.80. The van der Waals surface area contributed by atoms with E-state index in [1.165, 1.54) is 4.90 Å². The van der Waals surface area contributed by atoms with Gasteiger partial charge in [-0.25, -0.2) is 4.79 Å². The van der Waals surface area contributed by atoms with E-state index in [-0.39, 0.29) is 19.3 Å². The fourth-order valence-electron chi connectivity index (χ4n) is 1.80. The van der Waals surface area contributed by atoms with Gasteiger partial charge in [0.1, 0.15) is 5.60 Å². The summed E-state index contributed by atoms with van der Waals surface area (Å²) in [5.74, 6) is -0.602. The maximum atomic E-state index is 12.1. The number of hydrogen-bond donors (Lipinski definition) is 1. The molecule has 0 aliphatic carbocycles. The van der Waals surface area contributed by atoms with Crippen molar-refractivity contribution >= 4 is 12.0 Å². The maximum Gasteiger partial charge on any atom is 0.410 e. The molecule has 0 spiro atoms. The summed E-state index contributed by atoms with van der Waals surface area (Å²) in [6.07, 6.45) is -0.895. The molecule has 1 aliphatic rings. The van der Waals surface area contributed by atoms with Gasteiger partial charge in [0, 0.05) is 13.7 Å². The summed E-state index contributed by atoms with van der Waals surface area (Å²) in [4.78, 5) is 24.9. The largest absolute Gasteiger partial charge is 0.444 e. The topological polar surface area (TPSA) is 91.1 Å². The molecule has 1 rings (SSSR count).